The second-order valence-corrected chi connectivity index (χ2v) is 7.93. The Morgan fingerprint density at radius 1 is 1.36 bits per heavy atom. The van der Waals surface area contributed by atoms with Crippen LogP contribution in [0.5, 0.6) is 0 Å². The van der Waals surface area contributed by atoms with E-state index < -0.39 is 23.2 Å². The number of rotatable bonds is 8. The van der Waals surface area contributed by atoms with E-state index in [0.29, 0.717) is 23.3 Å². The molecule has 8 heteroatoms. The fraction of sp³-hybridized carbons (Fsp3) is 0.471. The first kappa shape index (κ1) is 21.9. The zero-order valence-corrected chi connectivity index (χ0v) is 17.4. The molecule has 0 aliphatic rings. The van der Waals surface area contributed by atoms with Gasteiger partial charge < -0.3 is 24.4 Å². The highest BCUT2D eigenvalue weighted by molar-refractivity contribution is 14.1. The summed E-state index contributed by atoms with van der Waals surface area (Å²) in [4.78, 5) is 35.4. The number of halogens is 2. The summed E-state index contributed by atoms with van der Waals surface area (Å²) in [5.41, 5.74) is -2.20. The second-order valence-electron chi connectivity index (χ2n) is 6.34. The van der Waals surface area contributed by atoms with Crippen molar-refractivity contribution in [3.05, 3.63) is 26.8 Å². The summed E-state index contributed by atoms with van der Waals surface area (Å²) in [7, 11) is 1.19. The van der Waals surface area contributed by atoms with E-state index in [-0.39, 0.29) is 6.42 Å². The number of ether oxygens (including phenoxy) is 2. The molecule has 0 fully saturated rings. The van der Waals surface area contributed by atoms with Crippen molar-refractivity contribution in [2.75, 3.05) is 12.4 Å². The summed E-state index contributed by atoms with van der Waals surface area (Å²) >= 11 is 8.10. The number of esters is 1. The van der Waals surface area contributed by atoms with Crippen LogP contribution in [0.25, 0.3) is 0 Å². The normalized spacial score (nSPS) is 15.0. The monoisotopic (exact) mass is 481 g/mol. The van der Waals surface area contributed by atoms with Crippen molar-refractivity contribution in [3.8, 4) is 0 Å². The highest BCUT2D eigenvalue weighted by atomic mass is 127. The maximum atomic E-state index is 12.7. The van der Waals surface area contributed by atoms with Gasteiger partial charge in [-0.25, -0.2) is 4.79 Å². The molecule has 0 spiro atoms. The summed E-state index contributed by atoms with van der Waals surface area (Å²) in [5, 5.41) is 3.41. The molecule has 0 radical (unpaired) electrons. The lowest BCUT2D eigenvalue weighted by atomic mass is 9.92. The molecule has 0 amide bonds. The predicted octanol–water partition coefficient (Wildman–Crippen LogP) is 3.45. The van der Waals surface area contributed by atoms with E-state index in [1.807, 2.05) is 0 Å². The van der Waals surface area contributed by atoms with E-state index in [2.05, 4.69) is 27.9 Å². The molecule has 1 N–H and O–H groups in total. The molecular formula is C17H21ClINO5. The molecule has 6 nitrogen and oxygen atoms in total. The molecular weight excluding hydrogens is 461 g/mol. The molecule has 0 heterocycles. The van der Waals surface area contributed by atoms with E-state index in [9.17, 15) is 14.4 Å². The standard InChI is InChI=1S/C17H21ClINO5/c1-16(2,3)25-17(15(23)24-4,11(10-22)7-8-21)20-14-9-12(18)5-6-13(14)19/h5-6,8-11,20H,7H2,1-4H3. The molecule has 0 bridgehead atoms. The van der Waals surface area contributed by atoms with Crippen molar-refractivity contribution < 1.29 is 23.9 Å². The molecule has 1 rings (SSSR count). The summed E-state index contributed by atoms with van der Waals surface area (Å²) in [5.74, 6) is -1.90. The van der Waals surface area contributed by atoms with Gasteiger partial charge in [0, 0.05) is 15.0 Å². The van der Waals surface area contributed by atoms with E-state index in [4.69, 9.17) is 21.1 Å². The van der Waals surface area contributed by atoms with Crippen LogP contribution in [0.2, 0.25) is 5.02 Å². The van der Waals surface area contributed by atoms with Crippen LogP contribution < -0.4 is 5.32 Å². The van der Waals surface area contributed by atoms with Crippen molar-refractivity contribution >= 4 is 58.4 Å². The zero-order valence-electron chi connectivity index (χ0n) is 14.5. The Morgan fingerprint density at radius 2 is 2.00 bits per heavy atom. The fourth-order valence-electron chi connectivity index (χ4n) is 2.29. The van der Waals surface area contributed by atoms with E-state index in [0.717, 1.165) is 3.57 Å². The lowest BCUT2D eigenvalue weighted by Crippen LogP contribution is -2.59. The van der Waals surface area contributed by atoms with Crippen molar-refractivity contribution in [2.24, 2.45) is 5.92 Å². The molecule has 0 aromatic heterocycles. The lowest BCUT2D eigenvalue weighted by Gasteiger charge is -2.41. The Balaban J connectivity index is 3.55. The van der Waals surface area contributed by atoms with Crippen LogP contribution >= 0.6 is 34.2 Å². The molecule has 25 heavy (non-hydrogen) atoms. The van der Waals surface area contributed by atoms with Gasteiger partial charge >= 0.3 is 5.97 Å². The van der Waals surface area contributed by atoms with Gasteiger partial charge in [-0.2, -0.15) is 0 Å². The predicted molar refractivity (Wildman–Crippen MR) is 104 cm³/mol. The molecule has 0 aliphatic heterocycles. The minimum Gasteiger partial charge on any atom is -0.465 e. The Labute approximate surface area is 165 Å². The topological polar surface area (TPSA) is 81.7 Å². The number of hydrogen-bond acceptors (Lipinski definition) is 6. The molecule has 1 aromatic carbocycles. The molecule has 1 aromatic rings. The fourth-order valence-corrected chi connectivity index (χ4v) is 2.93. The average molecular weight is 482 g/mol. The first-order valence-electron chi connectivity index (χ1n) is 7.50. The number of carbonyl (C=O) groups excluding carboxylic acids is 3. The second kappa shape index (κ2) is 8.95. The summed E-state index contributed by atoms with van der Waals surface area (Å²) < 4.78 is 11.6. The van der Waals surface area contributed by atoms with Gasteiger partial charge in [-0.3, -0.25) is 0 Å². The SMILES string of the molecule is COC(=O)C(Nc1cc(Cl)ccc1I)(OC(C)(C)C)C(C=O)CC=O. The number of anilines is 1. The number of methoxy groups -OCH3 is 1. The third-order valence-electron chi connectivity index (χ3n) is 3.24. The Morgan fingerprint density at radius 3 is 2.48 bits per heavy atom. The molecule has 138 valence electrons. The smallest absolute Gasteiger partial charge is 0.360 e. The van der Waals surface area contributed by atoms with Gasteiger partial charge in [0.15, 0.2) is 0 Å². The molecule has 2 atom stereocenters. The Hall–Kier alpha value is -1.19. The van der Waals surface area contributed by atoms with Crippen molar-refractivity contribution in [3.63, 3.8) is 0 Å². The third kappa shape index (κ3) is 5.65. The van der Waals surface area contributed by atoms with E-state index in [1.165, 1.54) is 7.11 Å². The van der Waals surface area contributed by atoms with E-state index in [1.54, 1.807) is 39.0 Å². The van der Waals surface area contributed by atoms with E-state index >= 15 is 0 Å². The number of carbonyl (C=O) groups is 3. The van der Waals surface area contributed by atoms with Gasteiger partial charge in [0.1, 0.15) is 12.6 Å². The first-order valence-corrected chi connectivity index (χ1v) is 8.96. The van der Waals surface area contributed by atoms with Crippen LogP contribution in [-0.4, -0.2) is 37.0 Å². The molecule has 2 unspecified atom stereocenters. The molecule has 0 aliphatic carbocycles. The molecule has 0 saturated heterocycles. The maximum Gasteiger partial charge on any atom is 0.360 e. The Kier molecular flexibility index (Phi) is 7.83. The largest absolute Gasteiger partial charge is 0.465 e. The third-order valence-corrected chi connectivity index (χ3v) is 4.42. The van der Waals surface area contributed by atoms with Gasteiger partial charge in [-0.1, -0.05) is 11.6 Å². The summed E-state index contributed by atoms with van der Waals surface area (Å²) in [6, 6.07) is 5.05. The summed E-state index contributed by atoms with van der Waals surface area (Å²) in [6.07, 6.45) is 0.869. The van der Waals surface area contributed by atoms with Crippen LogP contribution in [0.4, 0.5) is 5.69 Å². The summed E-state index contributed by atoms with van der Waals surface area (Å²) in [6.45, 7) is 5.20. The molecule has 0 saturated carbocycles. The van der Waals surface area contributed by atoms with Crippen LogP contribution in [-0.2, 0) is 23.9 Å². The van der Waals surface area contributed by atoms with Gasteiger partial charge in [0.2, 0.25) is 5.72 Å². The van der Waals surface area contributed by atoms with Crippen molar-refractivity contribution in [1.82, 2.24) is 0 Å². The highest BCUT2D eigenvalue weighted by Crippen LogP contribution is 2.34. The number of nitrogens with one attached hydrogen (secondary N) is 1. The number of benzene rings is 1. The zero-order chi connectivity index (χ0) is 19.3. The van der Waals surface area contributed by atoms with Crippen LogP contribution in [0.3, 0.4) is 0 Å². The van der Waals surface area contributed by atoms with Crippen LogP contribution in [0.15, 0.2) is 18.2 Å². The van der Waals surface area contributed by atoms with Crippen LogP contribution in [0.1, 0.15) is 27.2 Å². The minimum absolute atomic E-state index is 0.209. The quantitative estimate of drug-likeness (QED) is 0.265. The number of aldehydes is 2. The minimum atomic E-state index is -1.87. The first-order chi connectivity index (χ1) is 11.6. The van der Waals surface area contributed by atoms with Gasteiger partial charge in [-0.15, -0.1) is 0 Å². The van der Waals surface area contributed by atoms with Crippen molar-refractivity contribution in [2.45, 2.75) is 38.5 Å². The van der Waals surface area contributed by atoms with Gasteiger partial charge in [0.05, 0.1) is 24.3 Å². The van der Waals surface area contributed by atoms with Gasteiger partial charge in [0.25, 0.3) is 0 Å². The Bertz CT molecular complexity index is 646. The maximum absolute atomic E-state index is 12.7. The van der Waals surface area contributed by atoms with Crippen LogP contribution in [0, 0.1) is 9.49 Å². The number of hydrogen-bond donors (Lipinski definition) is 1. The average Bonchev–Trinajstić information content (AvgIpc) is 2.53. The lowest BCUT2D eigenvalue weighted by molar-refractivity contribution is -0.192. The van der Waals surface area contributed by atoms with Gasteiger partial charge in [-0.05, 0) is 61.6 Å². The van der Waals surface area contributed by atoms with Crippen molar-refractivity contribution in [1.29, 1.82) is 0 Å². The highest BCUT2D eigenvalue weighted by Gasteiger charge is 2.51.